The van der Waals surface area contributed by atoms with Gasteiger partial charge in [0.05, 0.1) is 18.1 Å². The molecule has 0 spiro atoms. The van der Waals surface area contributed by atoms with Crippen LogP contribution in [0.25, 0.3) is 11.6 Å². The van der Waals surface area contributed by atoms with Crippen LogP contribution in [-0.2, 0) is 11.5 Å². The second-order valence-corrected chi connectivity index (χ2v) is 7.22. The highest BCUT2D eigenvalue weighted by molar-refractivity contribution is 6.30. The van der Waals surface area contributed by atoms with Crippen LogP contribution in [0.3, 0.4) is 0 Å². The Morgan fingerprint density at radius 3 is 2.48 bits per heavy atom. The Kier molecular flexibility index (Phi) is 6.45. The molecular weight excluding hydrogens is 410 g/mol. The molecule has 0 bridgehead atoms. The molecular formula is C25H20ClN3O2. The van der Waals surface area contributed by atoms with Crippen molar-refractivity contribution in [1.82, 2.24) is 9.78 Å². The summed E-state index contributed by atoms with van der Waals surface area (Å²) in [4.78, 5) is 13.1. The largest absolute Gasteiger partial charge is 0.471 e. The van der Waals surface area contributed by atoms with Crippen molar-refractivity contribution in [2.45, 2.75) is 6.73 Å². The first-order valence-electron chi connectivity index (χ1n) is 9.72. The molecule has 0 fully saturated rings. The van der Waals surface area contributed by atoms with Gasteiger partial charge in [-0.1, -0.05) is 78.3 Å². The first-order valence-corrected chi connectivity index (χ1v) is 10.1. The maximum absolute atomic E-state index is 13.1. The summed E-state index contributed by atoms with van der Waals surface area (Å²) in [7, 11) is 0. The molecule has 0 unspecified atom stereocenters. The van der Waals surface area contributed by atoms with Crippen molar-refractivity contribution in [2.75, 3.05) is 5.32 Å². The SMILES string of the molecule is O=C(Nc1cnn(COc2cccc(Cl)c2)c1)/C(=C\c1ccccc1)c1ccccc1. The van der Waals surface area contributed by atoms with E-state index in [1.807, 2.05) is 78.9 Å². The van der Waals surface area contributed by atoms with Gasteiger partial charge >= 0.3 is 0 Å². The maximum atomic E-state index is 13.1. The summed E-state index contributed by atoms with van der Waals surface area (Å²) in [6, 6.07) is 26.5. The molecule has 154 valence electrons. The number of halogens is 1. The molecule has 0 aliphatic heterocycles. The quantitative estimate of drug-likeness (QED) is 0.300. The van der Waals surface area contributed by atoms with E-state index in [9.17, 15) is 4.79 Å². The van der Waals surface area contributed by atoms with E-state index in [1.54, 1.807) is 29.2 Å². The van der Waals surface area contributed by atoms with Crippen molar-refractivity contribution < 1.29 is 9.53 Å². The van der Waals surface area contributed by atoms with Gasteiger partial charge in [0.1, 0.15) is 5.75 Å². The van der Waals surface area contributed by atoms with Crippen LogP contribution in [0.15, 0.2) is 97.3 Å². The molecule has 0 aliphatic rings. The van der Waals surface area contributed by atoms with Crippen LogP contribution in [0.2, 0.25) is 5.02 Å². The fourth-order valence-corrected chi connectivity index (χ4v) is 3.19. The van der Waals surface area contributed by atoms with Gasteiger partial charge in [0.2, 0.25) is 0 Å². The summed E-state index contributed by atoms with van der Waals surface area (Å²) in [5.41, 5.74) is 2.92. The zero-order valence-electron chi connectivity index (χ0n) is 16.6. The molecule has 1 aromatic heterocycles. The van der Waals surface area contributed by atoms with Crippen molar-refractivity contribution in [3.8, 4) is 5.75 Å². The van der Waals surface area contributed by atoms with E-state index in [2.05, 4.69) is 10.4 Å². The molecule has 31 heavy (non-hydrogen) atoms. The van der Waals surface area contributed by atoms with Gasteiger partial charge in [-0.3, -0.25) is 4.79 Å². The highest BCUT2D eigenvalue weighted by atomic mass is 35.5. The zero-order valence-corrected chi connectivity index (χ0v) is 17.4. The molecule has 4 rings (SSSR count). The summed E-state index contributed by atoms with van der Waals surface area (Å²) in [5, 5.41) is 7.77. The van der Waals surface area contributed by atoms with E-state index in [1.165, 1.54) is 0 Å². The minimum absolute atomic E-state index is 0.196. The molecule has 4 aromatic rings. The van der Waals surface area contributed by atoms with E-state index >= 15 is 0 Å². The van der Waals surface area contributed by atoms with Gasteiger partial charge in [-0.25, -0.2) is 4.68 Å². The topological polar surface area (TPSA) is 56.2 Å². The second kappa shape index (κ2) is 9.78. The highest BCUT2D eigenvalue weighted by Gasteiger charge is 2.13. The Morgan fingerprint density at radius 2 is 1.74 bits per heavy atom. The van der Waals surface area contributed by atoms with Crippen LogP contribution < -0.4 is 10.1 Å². The lowest BCUT2D eigenvalue weighted by Crippen LogP contribution is -2.13. The lowest BCUT2D eigenvalue weighted by molar-refractivity contribution is -0.111. The van der Waals surface area contributed by atoms with Crippen molar-refractivity contribution in [2.24, 2.45) is 0 Å². The van der Waals surface area contributed by atoms with E-state index in [0.29, 0.717) is 22.0 Å². The monoisotopic (exact) mass is 429 g/mol. The molecule has 1 heterocycles. The standard InChI is InChI=1S/C25H20ClN3O2/c26-21-12-7-13-23(15-21)31-18-29-17-22(16-27-29)28-25(30)24(20-10-5-2-6-11-20)14-19-8-3-1-4-9-19/h1-17H,18H2,(H,28,30)/b24-14-. The van der Waals surface area contributed by atoms with Crippen LogP contribution in [-0.4, -0.2) is 15.7 Å². The second-order valence-electron chi connectivity index (χ2n) is 6.79. The molecule has 0 aliphatic carbocycles. The summed E-state index contributed by atoms with van der Waals surface area (Å²) in [5.74, 6) is 0.427. The van der Waals surface area contributed by atoms with Crippen molar-refractivity contribution in [3.05, 3.63) is 113 Å². The van der Waals surface area contributed by atoms with Crippen molar-refractivity contribution >= 4 is 34.8 Å². The zero-order chi connectivity index (χ0) is 21.5. The van der Waals surface area contributed by atoms with Gasteiger partial charge < -0.3 is 10.1 Å². The Hall–Kier alpha value is -3.83. The first-order chi connectivity index (χ1) is 15.2. The number of benzene rings is 3. The summed E-state index contributed by atoms with van der Waals surface area (Å²) >= 11 is 5.97. The number of carbonyl (C=O) groups is 1. The summed E-state index contributed by atoms with van der Waals surface area (Å²) in [6.07, 6.45) is 5.18. The molecule has 1 amide bonds. The molecule has 1 N–H and O–H groups in total. The first kappa shape index (κ1) is 20.4. The number of amides is 1. The average molecular weight is 430 g/mol. The van der Waals surface area contributed by atoms with E-state index < -0.39 is 0 Å². The van der Waals surface area contributed by atoms with Crippen LogP contribution in [0.4, 0.5) is 5.69 Å². The normalized spacial score (nSPS) is 11.2. The third-order valence-corrected chi connectivity index (χ3v) is 4.73. The van der Waals surface area contributed by atoms with Crippen LogP contribution in [0, 0.1) is 0 Å². The molecule has 3 aromatic carbocycles. The maximum Gasteiger partial charge on any atom is 0.256 e. The fraction of sp³-hybridized carbons (Fsp3) is 0.0400. The number of nitrogens with zero attached hydrogens (tertiary/aromatic N) is 2. The minimum Gasteiger partial charge on any atom is -0.471 e. The molecule has 5 nitrogen and oxygen atoms in total. The Bertz CT molecular complexity index is 1190. The van der Waals surface area contributed by atoms with E-state index in [-0.39, 0.29) is 12.6 Å². The Morgan fingerprint density at radius 1 is 1.00 bits per heavy atom. The molecule has 0 saturated carbocycles. The summed E-state index contributed by atoms with van der Waals surface area (Å²) in [6.45, 7) is 0.196. The molecule has 0 radical (unpaired) electrons. The number of carbonyl (C=O) groups excluding carboxylic acids is 1. The van der Waals surface area contributed by atoms with E-state index in [4.69, 9.17) is 16.3 Å². The number of aromatic nitrogens is 2. The van der Waals surface area contributed by atoms with Crippen LogP contribution in [0.5, 0.6) is 5.75 Å². The smallest absolute Gasteiger partial charge is 0.256 e. The fourth-order valence-electron chi connectivity index (χ4n) is 3.01. The third-order valence-electron chi connectivity index (χ3n) is 4.49. The number of hydrogen-bond donors (Lipinski definition) is 1. The number of rotatable bonds is 7. The van der Waals surface area contributed by atoms with Crippen LogP contribution >= 0.6 is 11.6 Å². The number of ether oxygens (including phenoxy) is 1. The van der Waals surface area contributed by atoms with Crippen LogP contribution in [0.1, 0.15) is 11.1 Å². The highest BCUT2D eigenvalue weighted by Crippen LogP contribution is 2.21. The minimum atomic E-state index is -0.217. The lowest BCUT2D eigenvalue weighted by atomic mass is 10.0. The van der Waals surface area contributed by atoms with Gasteiger partial charge in [-0.2, -0.15) is 5.10 Å². The predicted octanol–water partition coefficient (Wildman–Crippen LogP) is 5.75. The van der Waals surface area contributed by atoms with Gasteiger partial charge in [-0.05, 0) is 35.4 Å². The molecule has 0 atom stereocenters. The predicted molar refractivity (Wildman–Crippen MR) is 124 cm³/mol. The molecule has 6 heteroatoms. The lowest BCUT2D eigenvalue weighted by Gasteiger charge is -2.09. The van der Waals surface area contributed by atoms with Crippen molar-refractivity contribution in [1.29, 1.82) is 0 Å². The van der Waals surface area contributed by atoms with Gasteiger partial charge in [0, 0.05) is 10.6 Å². The summed E-state index contributed by atoms with van der Waals surface area (Å²) < 4.78 is 7.28. The van der Waals surface area contributed by atoms with E-state index in [0.717, 1.165) is 11.1 Å². The molecule has 0 saturated heterocycles. The number of anilines is 1. The Balaban J connectivity index is 1.48. The van der Waals surface area contributed by atoms with Gasteiger partial charge in [-0.15, -0.1) is 0 Å². The average Bonchev–Trinajstić information content (AvgIpc) is 3.24. The van der Waals surface area contributed by atoms with Gasteiger partial charge in [0.25, 0.3) is 5.91 Å². The number of nitrogens with one attached hydrogen (secondary N) is 1. The third kappa shape index (κ3) is 5.62. The van der Waals surface area contributed by atoms with Gasteiger partial charge in [0.15, 0.2) is 6.73 Å². The Labute approximate surface area is 185 Å². The number of hydrogen-bond acceptors (Lipinski definition) is 3. The van der Waals surface area contributed by atoms with Crippen molar-refractivity contribution in [3.63, 3.8) is 0 Å².